The molecule has 1 aliphatic carbocycles. The highest BCUT2D eigenvalue weighted by molar-refractivity contribution is 14.0. The van der Waals surface area contributed by atoms with E-state index in [1.54, 1.807) is 7.05 Å². The molecule has 162 valence electrons. The lowest BCUT2D eigenvalue weighted by molar-refractivity contribution is -0.140. The molecule has 29 heavy (non-hydrogen) atoms. The third-order valence-electron chi connectivity index (χ3n) is 4.45. The van der Waals surface area contributed by atoms with E-state index in [0.29, 0.717) is 23.9 Å². The van der Waals surface area contributed by atoms with Gasteiger partial charge in [0.15, 0.2) is 11.7 Å². The van der Waals surface area contributed by atoms with Crippen molar-refractivity contribution in [3.8, 4) is 0 Å². The molecule has 0 atom stereocenters. The van der Waals surface area contributed by atoms with Gasteiger partial charge in [0.05, 0.1) is 15.7 Å². The first-order chi connectivity index (χ1) is 13.5. The summed E-state index contributed by atoms with van der Waals surface area (Å²) < 4.78 is 37.7. The summed E-state index contributed by atoms with van der Waals surface area (Å²) in [6, 6.07) is 0. The zero-order chi connectivity index (χ0) is 20.0. The van der Waals surface area contributed by atoms with E-state index < -0.39 is 11.9 Å². The van der Waals surface area contributed by atoms with Crippen molar-refractivity contribution in [3.63, 3.8) is 0 Å². The van der Waals surface area contributed by atoms with Crippen LogP contribution in [0.4, 0.5) is 13.2 Å². The molecule has 0 radical (unpaired) electrons. The van der Waals surface area contributed by atoms with Crippen LogP contribution in [0.25, 0.3) is 0 Å². The van der Waals surface area contributed by atoms with Crippen molar-refractivity contribution < 1.29 is 13.2 Å². The van der Waals surface area contributed by atoms with Gasteiger partial charge < -0.3 is 10.6 Å². The predicted molar refractivity (Wildman–Crippen MR) is 123 cm³/mol. The molecule has 0 spiro atoms. The van der Waals surface area contributed by atoms with E-state index in [2.05, 4.69) is 20.6 Å². The maximum Gasteiger partial charge on any atom is 0.434 e. The van der Waals surface area contributed by atoms with Gasteiger partial charge in [-0.3, -0.25) is 4.99 Å². The van der Waals surface area contributed by atoms with Gasteiger partial charge in [-0.15, -0.1) is 46.7 Å². The van der Waals surface area contributed by atoms with Crippen molar-refractivity contribution in [2.24, 2.45) is 4.99 Å². The van der Waals surface area contributed by atoms with Crippen molar-refractivity contribution in [3.05, 3.63) is 31.7 Å². The maximum absolute atomic E-state index is 12.6. The molecule has 0 fully saturated rings. The van der Waals surface area contributed by atoms with Crippen LogP contribution in [-0.2, 0) is 31.9 Å². The average Bonchev–Trinajstić information content (AvgIpc) is 3.30. The molecular formula is C18H25F3IN5S2. The van der Waals surface area contributed by atoms with Crippen molar-refractivity contribution in [1.82, 2.24) is 20.6 Å². The van der Waals surface area contributed by atoms with Crippen LogP contribution in [0.5, 0.6) is 0 Å². The maximum atomic E-state index is 12.6. The minimum Gasteiger partial charge on any atom is -0.356 e. The highest BCUT2D eigenvalue weighted by atomic mass is 127. The zero-order valence-electron chi connectivity index (χ0n) is 16.1. The van der Waals surface area contributed by atoms with Gasteiger partial charge in [0.1, 0.15) is 0 Å². The van der Waals surface area contributed by atoms with Gasteiger partial charge in [0.25, 0.3) is 0 Å². The van der Waals surface area contributed by atoms with Crippen LogP contribution in [0.2, 0.25) is 0 Å². The Morgan fingerprint density at radius 3 is 2.55 bits per heavy atom. The van der Waals surface area contributed by atoms with Gasteiger partial charge in [0.2, 0.25) is 0 Å². The minimum absolute atomic E-state index is 0. The Bertz CT molecular complexity index is 780. The predicted octanol–water partition coefficient (Wildman–Crippen LogP) is 4.46. The quantitative estimate of drug-likeness (QED) is 0.228. The standard InChI is InChI=1S/C18H24F3N5S2.HI/c1-22-17(24-10-8-15-26-14(11-27-15)18(19,20)21)23-9-4-7-16-25-12-5-2-3-6-13(12)28-16;/h11H,2-10H2,1H3,(H2,22,23,24);1H. The molecule has 0 aromatic carbocycles. The first-order valence-electron chi connectivity index (χ1n) is 9.39. The summed E-state index contributed by atoms with van der Waals surface area (Å²) in [6.07, 6.45) is 2.75. The number of aliphatic imine (C=N–C) groups is 1. The number of thiazole rings is 2. The number of hydrogen-bond acceptors (Lipinski definition) is 5. The normalized spacial score (nSPS) is 14.3. The topological polar surface area (TPSA) is 62.2 Å². The van der Waals surface area contributed by atoms with E-state index in [4.69, 9.17) is 4.98 Å². The lowest BCUT2D eigenvalue weighted by Gasteiger charge is -2.10. The van der Waals surface area contributed by atoms with Gasteiger partial charge >= 0.3 is 6.18 Å². The summed E-state index contributed by atoms with van der Waals surface area (Å²) >= 11 is 2.87. The van der Waals surface area contributed by atoms with E-state index in [0.717, 1.165) is 42.5 Å². The molecule has 0 unspecified atom stereocenters. The SMILES string of the molecule is CN=C(NCCCc1nc2c(s1)CCCC2)NCCc1nc(C(F)(F)F)cs1.I. The molecule has 2 heterocycles. The molecule has 3 rings (SSSR count). The van der Waals surface area contributed by atoms with Crippen LogP contribution in [0.15, 0.2) is 10.4 Å². The Morgan fingerprint density at radius 2 is 1.86 bits per heavy atom. The molecule has 0 bridgehead atoms. The second kappa shape index (κ2) is 11.4. The molecular weight excluding hydrogens is 534 g/mol. The lowest BCUT2D eigenvalue weighted by Crippen LogP contribution is -2.38. The Morgan fingerprint density at radius 1 is 1.10 bits per heavy atom. The summed E-state index contributed by atoms with van der Waals surface area (Å²) in [5, 5.41) is 9.08. The third kappa shape index (κ3) is 7.35. The number of nitrogens with zero attached hydrogens (tertiary/aromatic N) is 3. The van der Waals surface area contributed by atoms with Crippen molar-refractivity contribution in [2.45, 2.75) is 51.1 Å². The second-order valence-electron chi connectivity index (χ2n) is 6.59. The molecule has 2 aromatic heterocycles. The van der Waals surface area contributed by atoms with Gasteiger partial charge in [-0.2, -0.15) is 13.2 Å². The van der Waals surface area contributed by atoms with Gasteiger partial charge in [-0.05, 0) is 32.1 Å². The summed E-state index contributed by atoms with van der Waals surface area (Å²) in [4.78, 5) is 14.0. The van der Waals surface area contributed by atoms with Crippen LogP contribution in [0, 0.1) is 0 Å². The average molecular weight is 559 g/mol. The first-order valence-corrected chi connectivity index (χ1v) is 11.1. The van der Waals surface area contributed by atoms with Crippen molar-refractivity contribution in [1.29, 1.82) is 0 Å². The Labute approximate surface area is 193 Å². The molecule has 0 aliphatic heterocycles. The summed E-state index contributed by atoms with van der Waals surface area (Å²) in [5.74, 6) is 0.644. The van der Waals surface area contributed by atoms with E-state index >= 15 is 0 Å². The van der Waals surface area contributed by atoms with Gasteiger partial charge in [-0.1, -0.05) is 0 Å². The Balaban J connectivity index is 0.00000300. The lowest BCUT2D eigenvalue weighted by atomic mass is 10.0. The third-order valence-corrected chi connectivity index (χ3v) is 6.57. The fraction of sp³-hybridized carbons (Fsp3) is 0.611. The molecule has 2 N–H and O–H groups in total. The molecule has 5 nitrogen and oxygen atoms in total. The summed E-state index contributed by atoms with van der Waals surface area (Å²) in [7, 11) is 1.68. The van der Waals surface area contributed by atoms with E-state index in [1.807, 2.05) is 11.3 Å². The molecule has 1 aliphatic rings. The number of nitrogens with one attached hydrogen (secondary N) is 2. The fourth-order valence-electron chi connectivity index (χ4n) is 3.02. The van der Waals surface area contributed by atoms with Crippen LogP contribution in [0.3, 0.4) is 0 Å². The van der Waals surface area contributed by atoms with Gasteiger partial charge in [-0.25, -0.2) is 9.97 Å². The second-order valence-corrected chi connectivity index (χ2v) is 8.70. The highest BCUT2D eigenvalue weighted by Gasteiger charge is 2.33. The number of aromatic nitrogens is 2. The van der Waals surface area contributed by atoms with E-state index in [-0.39, 0.29) is 24.0 Å². The number of aryl methyl sites for hydroxylation is 3. The Kier molecular flexibility index (Phi) is 9.60. The number of hydrogen-bond donors (Lipinski definition) is 2. The fourth-order valence-corrected chi connectivity index (χ4v) is 5.03. The van der Waals surface area contributed by atoms with Crippen LogP contribution in [-0.4, -0.2) is 36.1 Å². The molecule has 0 amide bonds. The number of alkyl halides is 3. The minimum atomic E-state index is -4.38. The summed E-state index contributed by atoms with van der Waals surface area (Å²) in [6.45, 7) is 1.24. The number of halogens is 4. The Hall–Kier alpha value is -0.950. The number of rotatable bonds is 7. The number of fused-ring (bicyclic) bond motifs is 1. The largest absolute Gasteiger partial charge is 0.434 e. The van der Waals surface area contributed by atoms with Crippen LogP contribution in [0.1, 0.15) is 45.5 Å². The zero-order valence-corrected chi connectivity index (χ0v) is 20.1. The van der Waals surface area contributed by atoms with Gasteiger partial charge in [0, 0.05) is 43.2 Å². The van der Waals surface area contributed by atoms with Crippen LogP contribution < -0.4 is 10.6 Å². The molecule has 0 saturated heterocycles. The smallest absolute Gasteiger partial charge is 0.356 e. The van der Waals surface area contributed by atoms with E-state index in [9.17, 15) is 13.2 Å². The van der Waals surface area contributed by atoms with Crippen LogP contribution >= 0.6 is 46.7 Å². The van der Waals surface area contributed by atoms with E-state index in [1.165, 1.54) is 34.8 Å². The molecule has 0 saturated carbocycles. The molecule has 2 aromatic rings. The molecule has 11 heteroatoms. The number of guanidine groups is 1. The monoisotopic (exact) mass is 559 g/mol. The summed E-state index contributed by atoms with van der Waals surface area (Å²) in [5.41, 5.74) is 0.478. The highest BCUT2D eigenvalue weighted by Crippen LogP contribution is 2.30. The van der Waals surface area contributed by atoms with Crippen molar-refractivity contribution in [2.75, 3.05) is 20.1 Å². The first kappa shape index (κ1) is 24.3. The van der Waals surface area contributed by atoms with Crippen molar-refractivity contribution >= 4 is 52.6 Å².